The van der Waals surface area contributed by atoms with Crippen LogP contribution in [0.3, 0.4) is 0 Å². The number of carboxylic acids is 1. The highest BCUT2D eigenvalue weighted by Gasteiger charge is 2.32. The van der Waals surface area contributed by atoms with Gasteiger partial charge in [0.2, 0.25) is 5.91 Å². The number of nitrogens with zero attached hydrogens (tertiary/aromatic N) is 1. The van der Waals surface area contributed by atoms with Crippen LogP contribution in [-0.4, -0.2) is 38.8 Å². The average Bonchev–Trinajstić information content (AvgIpc) is 3.24. The molecule has 2 aromatic rings. The normalized spacial score (nSPS) is 16.0. The molecule has 8 heteroatoms. The molecule has 1 aromatic carbocycles. The van der Waals surface area contributed by atoms with Crippen molar-refractivity contribution < 1.29 is 19.1 Å². The van der Waals surface area contributed by atoms with E-state index in [1.54, 1.807) is 53.9 Å². The van der Waals surface area contributed by atoms with Crippen LogP contribution in [0.1, 0.15) is 29.5 Å². The van der Waals surface area contributed by atoms with Crippen LogP contribution < -0.4 is 5.43 Å². The largest absolute Gasteiger partial charge is 0.478 e. The van der Waals surface area contributed by atoms with E-state index in [1.807, 2.05) is 0 Å². The lowest BCUT2D eigenvalue weighted by atomic mass is 10.1. The zero-order valence-corrected chi connectivity index (χ0v) is 15.7. The first-order valence-corrected chi connectivity index (χ1v) is 9.96. The molecule has 1 fully saturated rings. The Labute approximate surface area is 159 Å². The smallest absolute Gasteiger partial charge is 0.336 e. The Balaban J connectivity index is 1.63. The molecule has 0 bridgehead atoms. The minimum absolute atomic E-state index is 0.0853. The fourth-order valence-electron chi connectivity index (χ4n) is 2.61. The van der Waals surface area contributed by atoms with E-state index in [-0.39, 0.29) is 15.5 Å². The minimum Gasteiger partial charge on any atom is -0.478 e. The van der Waals surface area contributed by atoms with E-state index < -0.39 is 5.97 Å². The lowest BCUT2D eigenvalue weighted by molar-refractivity contribution is -0.121. The Hall–Kier alpha value is -2.19. The second-order valence-corrected chi connectivity index (χ2v) is 9.31. The molecule has 1 amide bonds. The van der Waals surface area contributed by atoms with Gasteiger partial charge in [-0.2, -0.15) is 5.10 Å². The number of hydrogen-bond acceptors (Lipinski definition) is 6. The molecular weight excluding hydrogens is 372 g/mol. The number of aromatic carboxylic acids is 1. The van der Waals surface area contributed by atoms with Crippen LogP contribution in [-0.2, 0) is 4.79 Å². The van der Waals surface area contributed by atoms with E-state index in [0.29, 0.717) is 23.5 Å². The van der Waals surface area contributed by atoms with E-state index in [0.717, 1.165) is 11.5 Å². The fraction of sp³-hybridized carbons (Fsp3) is 0.278. The molecule has 136 valence electrons. The molecule has 0 atom stereocenters. The van der Waals surface area contributed by atoms with Crippen molar-refractivity contribution >= 4 is 41.6 Å². The Kier molecular flexibility index (Phi) is 5.73. The monoisotopic (exact) mass is 390 g/mol. The second-order valence-electron chi connectivity index (χ2n) is 5.85. The van der Waals surface area contributed by atoms with Crippen LogP contribution in [0, 0.1) is 0 Å². The predicted octanol–water partition coefficient (Wildman–Crippen LogP) is 3.68. The van der Waals surface area contributed by atoms with Gasteiger partial charge in [-0.05, 0) is 25.1 Å². The van der Waals surface area contributed by atoms with Crippen molar-refractivity contribution in [3.63, 3.8) is 0 Å². The molecular formula is C18H18N2O4S2. The molecule has 1 aliphatic heterocycles. The third-order valence-corrected chi connectivity index (χ3v) is 7.10. The molecule has 1 saturated heterocycles. The number of rotatable bonds is 6. The van der Waals surface area contributed by atoms with Crippen LogP contribution in [0.5, 0.6) is 0 Å². The summed E-state index contributed by atoms with van der Waals surface area (Å²) >= 11 is 3.58. The van der Waals surface area contributed by atoms with Crippen LogP contribution in [0.15, 0.2) is 45.9 Å². The van der Waals surface area contributed by atoms with Gasteiger partial charge in [-0.15, -0.1) is 23.5 Å². The number of furan rings is 1. The third-order valence-electron chi connectivity index (χ3n) is 3.81. The van der Waals surface area contributed by atoms with Gasteiger partial charge in [-0.1, -0.05) is 18.2 Å². The molecule has 0 radical (unpaired) electrons. The number of carboxylic acid groups (broad SMARTS) is 1. The van der Waals surface area contributed by atoms with Crippen molar-refractivity contribution in [2.75, 3.05) is 11.5 Å². The van der Waals surface area contributed by atoms with Gasteiger partial charge in [0.05, 0.1) is 22.3 Å². The van der Waals surface area contributed by atoms with Gasteiger partial charge < -0.3 is 9.52 Å². The van der Waals surface area contributed by atoms with E-state index in [4.69, 9.17) is 4.42 Å². The summed E-state index contributed by atoms with van der Waals surface area (Å²) < 4.78 is 5.54. The molecule has 6 nitrogen and oxygen atoms in total. The SMILES string of the molecule is CC1(CC(=O)N/N=C/c2ccc(-c3ccccc3C(=O)O)o2)SCCS1. The van der Waals surface area contributed by atoms with Gasteiger partial charge >= 0.3 is 5.97 Å². The van der Waals surface area contributed by atoms with E-state index in [9.17, 15) is 14.7 Å². The van der Waals surface area contributed by atoms with Crippen LogP contribution >= 0.6 is 23.5 Å². The number of hydrogen-bond donors (Lipinski definition) is 2. The Bertz CT molecular complexity index is 841. The van der Waals surface area contributed by atoms with Crippen molar-refractivity contribution in [2.45, 2.75) is 17.4 Å². The standard InChI is InChI=1S/C18H18N2O4S2/c1-18(25-8-9-26-18)10-16(21)20-19-11-12-6-7-15(24-12)13-4-2-3-5-14(13)17(22)23/h2-7,11H,8-10H2,1H3,(H,20,21)(H,22,23)/b19-11+. The summed E-state index contributed by atoms with van der Waals surface area (Å²) in [4.78, 5) is 23.3. The summed E-state index contributed by atoms with van der Waals surface area (Å²) in [6.45, 7) is 2.07. The number of hydrazone groups is 1. The van der Waals surface area contributed by atoms with Gasteiger partial charge in [0.25, 0.3) is 0 Å². The molecule has 0 spiro atoms. The first-order valence-electron chi connectivity index (χ1n) is 7.99. The molecule has 2 N–H and O–H groups in total. The Morgan fingerprint density at radius 1 is 1.27 bits per heavy atom. The number of nitrogens with one attached hydrogen (secondary N) is 1. The van der Waals surface area contributed by atoms with Crippen LogP contribution in [0.2, 0.25) is 0 Å². The van der Waals surface area contributed by atoms with Crippen LogP contribution in [0.4, 0.5) is 0 Å². The predicted molar refractivity (Wildman–Crippen MR) is 105 cm³/mol. The molecule has 0 unspecified atom stereocenters. The van der Waals surface area contributed by atoms with Crippen LogP contribution in [0.25, 0.3) is 11.3 Å². The molecule has 26 heavy (non-hydrogen) atoms. The van der Waals surface area contributed by atoms with Crippen molar-refractivity contribution in [2.24, 2.45) is 5.10 Å². The van der Waals surface area contributed by atoms with Crippen molar-refractivity contribution in [3.05, 3.63) is 47.7 Å². The third kappa shape index (κ3) is 4.50. The van der Waals surface area contributed by atoms with Gasteiger partial charge in [0.15, 0.2) is 0 Å². The van der Waals surface area contributed by atoms with E-state index in [1.165, 1.54) is 12.3 Å². The number of amides is 1. The van der Waals surface area contributed by atoms with Gasteiger partial charge in [0, 0.05) is 17.1 Å². The lowest BCUT2D eigenvalue weighted by Gasteiger charge is -2.19. The maximum Gasteiger partial charge on any atom is 0.336 e. The highest BCUT2D eigenvalue weighted by Crippen LogP contribution is 2.45. The molecule has 0 saturated carbocycles. The summed E-state index contributed by atoms with van der Waals surface area (Å²) in [5.41, 5.74) is 3.17. The maximum atomic E-state index is 12.0. The van der Waals surface area contributed by atoms with Gasteiger partial charge in [-0.3, -0.25) is 4.79 Å². The second kappa shape index (κ2) is 8.01. The Morgan fingerprint density at radius 3 is 2.73 bits per heavy atom. The van der Waals surface area contributed by atoms with E-state index in [2.05, 4.69) is 17.5 Å². The van der Waals surface area contributed by atoms with E-state index >= 15 is 0 Å². The van der Waals surface area contributed by atoms with Gasteiger partial charge in [-0.25, -0.2) is 10.2 Å². The number of carbonyl (C=O) groups excluding carboxylic acids is 1. The summed E-state index contributed by atoms with van der Waals surface area (Å²) in [6.07, 6.45) is 1.80. The molecule has 1 aromatic heterocycles. The molecule has 2 heterocycles. The molecule has 0 aliphatic carbocycles. The fourth-order valence-corrected chi connectivity index (χ4v) is 5.44. The number of benzene rings is 1. The molecule has 3 rings (SSSR count). The highest BCUT2D eigenvalue weighted by molar-refractivity contribution is 8.21. The number of thioether (sulfide) groups is 2. The zero-order chi connectivity index (χ0) is 18.6. The van der Waals surface area contributed by atoms with Crippen molar-refractivity contribution in [1.29, 1.82) is 0 Å². The average molecular weight is 390 g/mol. The number of carbonyl (C=O) groups is 2. The maximum absolute atomic E-state index is 12.0. The van der Waals surface area contributed by atoms with Gasteiger partial charge in [0.1, 0.15) is 11.5 Å². The van der Waals surface area contributed by atoms with Crippen molar-refractivity contribution in [3.8, 4) is 11.3 Å². The quantitative estimate of drug-likeness (QED) is 0.577. The summed E-state index contributed by atoms with van der Waals surface area (Å²) in [7, 11) is 0. The zero-order valence-electron chi connectivity index (χ0n) is 14.1. The summed E-state index contributed by atoms with van der Waals surface area (Å²) in [5, 5.41) is 13.2. The first kappa shape index (κ1) is 18.6. The lowest BCUT2D eigenvalue weighted by Crippen LogP contribution is -2.26. The highest BCUT2D eigenvalue weighted by atomic mass is 32.2. The molecule has 1 aliphatic rings. The Morgan fingerprint density at radius 2 is 2.00 bits per heavy atom. The van der Waals surface area contributed by atoms with Crippen molar-refractivity contribution in [1.82, 2.24) is 5.43 Å². The minimum atomic E-state index is -1.02. The summed E-state index contributed by atoms with van der Waals surface area (Å²) in [6, 6.07) is 9.97. The summed E-state index contributed by atoms with van der Waals surface area (Å²) in [5.74, 6) is 1.82. The first-order chi connectivity index (χ1) is 12.5. The topological polar surface area (TPSA) is 91.9 Å².